The summed E-state index contributed by atoms with van der Waals surface area (Å²) in [5.41, 5.74) is 0. The van der Waals surface area contributed by atoms with Crippen molar-refractivity contribution in [2.75, 3.05) is 26.3 Å². The van der Waals surface area contributed by atoms with Crippen molar-refractivity contribution in [2.24, 2.45) is 0 Å². The first-order chi connectivity index (χ1) is 12.0. The third-order valence-electron chi connectivity index (χ3n) is 5.00. The van der Waals surface area contributed by atoms with Crippen LogP contribution in [0.3, 0.4) is 0 Å². The number of imidazole rings is 1. The SMILES string of the molecule is CCn1ccnc1C(=O)NC1CCN(S(=O)(=O)C2CCOCC2)CC1. The lowest BCUT2D eigenvalue weighted by Crippen LogP contribution is -2.49. The van der Waals surface area contributed by atoms with Gasteiger partial charge < -0.3 is 14.6 Å². The lowest BCUT2D eigenvalue weighted by molar-refractivity contribution is 0.0904. The molecule has 1 aromatic heterocycles. The number of hydrogen-bond donors (Lipinski definition) is 1. The summed E-state index contributed by atoms with van der Waals surface area (Å²) in [5, 5.41) is 2.65. The van der Waals surface area contributed by atoms with E-state index in [0.29, 0.717) is 64.4 Å². The van der Waals surface area contributed by atoms with Gasteiger partial charge in [0.05, 0.1) is 5.25 Å². The topological polar surface area (TPSA) is 93.5 Å². The monoisotopic (exact) mass is 370 g/mol. The Morgan fingerprint density at radius 3 is 2.60 bits per heavy atom. The van der Waals surface area contributed by atoms with Crippen molar-refractivity contribution in [1.29, 1.82) is 0 Å². The second-order valence-corrected chi connectivity index (χ2v) is 8.75. The Morgan fingerprint density at radius 2 is 1.96 bits per heavy atom. The number of sulfonamides is 1. The van der Waals surface area contributed by atoms with Gasteiger partial charge in [-0.2, -0.15) is 0 Å². The number of nitrogens with one attached hydrogen (secondary N) is 1. The Morgan fingerprint density at radius 1 is 1.28 bits per heavy atom. The van der Waals surface area contributed by atoms with Crippen molar-refractivity contribution in [3.63, 3.8) is 0 Å². The first kappa shape index (κ1) is 18.3. The molecule has 2 saturated heterocycles. The minimum Gasteiger partial charge on any atom is -0.381 e. The number of aromatic nitrogens is 2. The van der Waals surface area contributed by atoms with Gasteiger partial charge in [0, 0.05) is 51.3 Å². The Balaban J connectivity index is 1.54. The molecule has 25 heavy (non-hydrogen) atoms. The molecule has 1 amide bonds. The fraction of sp³-hybridized carbons (Fsp3) is 0.750. The van der Waals surface area contributed by atoms with Gasteiger partial charge in [0.15, 0.2) is 5.82 Å². The Hall–Kier alpha value is -1.45. The average molecular weight is 370 g/mol. The Bertz CT molecular complexity index is 689. The minimum absolute atomic E-state index is 0.0179. The summed E-state index contributed by atoms with van der Waals surface area (Å²) in [6.07, 6.45) is 5.78. The van der Waals surface area contributed by atoms with Gasteiger partial charge >= 0.3 is 0 Å². The first-order valence-electron chi connectivity index (χ1n) is 8.91. The minimum atomic E-state index is -3.27. The number of amides is 1. The molecule has 2 aliphatic heterocycles. The zero-order valence-electron chi connectivity index (χ0n) is 14.6. The van der Waals surface area contributed by atoms with Crippen LogP contribution in [0.2, 0.25) is 0 Å². The van der Waals surface area contributed by atoms with Crippen LogP contribution < -0.4 is 5.32 Å². The van der Waals surface area contributed by atoms with Crippen molar-refractivity contribution >= 4 is 15.9 Å². The zero-order valence-corrected chi connectivity index (χ0v) is 15.4. The molecule has 0 aliphatic carbocycles. The Kier molecular flexibility index (Phi) is 5.75. The molecule has 1 aromatic rings. The van der Waals surface area contributed by atoms with Crippen molar-refractivity contribution in [3.05, 3.63) is 18.2 Å². The highest BCUT2D eigenvalue weighted by Gasteiger charge is 2.35. The molecular formula is C16H26N4O4S. The molecule has 2 aliphatic rings. The maximum Gasteiger partial charge on any atom is 0.287 e. The number of ether oxygens (including phenoxy) is 1. The van der Waals surface area contributed by atoms with E-state index in [1.54, 1.807) is 21.3 Å². The van der Waals surface area contributed by atoms with Crippen molar-refractivity contribution in [3.8, 4) is 0 Å². The number of nitrogens with zero attached hydrogens (tertiary/aromatic N) is 3. The molecule has 8 nitrogen and oxygen atoms in total. The first-order valence-corrected chi connectivity index (χ1v) is 10.4. The standard InChI is InChI=1S/C16H26N4O4S/c1-2-19-10-7-17-15(19)16(21)18-13-3-8-20(9-4-13)25(22,23)14-5-11-24-12-6-14/h7,10,13-14H,2-6,8-9,11-12H2,1H3,(H,18,21). The summed E-state index contributed by atoms with van der Waals surface area (Å²) in [6.45, 7) is 4.57. The van der Waals surface area contributed by atoms with E-state index in [2.05, 4.69) is 10.3 Å². The van der Waals surface area contributed by atoms with Gasteiger partial charge in [-0.3, -0.25) is 4.79 Å². The molecule has 0 bridgehead atoms. The van der Waals surface area contributed by atoms with Gasteiger partial charge in [-0.15, -0.1) is 0 Å². The summed E-state index contributed by atoms with van der Waals surface area (Å²) in [7, 11) is -3.27. The quantitative estimate of drug-likeness (QED) is 0.819. The smallest absolute Gasteiger partial charge is 0.287 e. The van der Waals surface area contributed by atoms with Gasteiger partial charge in [-0.25, -0.2) is 17.7 Å². The molecule has 0 unspecified atom stereocenters. The van der Waals surface area contributed by atoms with Crippen LogP contribution in [0.15, 0.2) is 12.4 Å². The van der Waals surface area contributed by atoms with Crippen LogP contribution in [0.25, 0.3) is 0 Å². The number of hydrogen-bond acceptors (Lipinski definition) is 5. The maximum absolute atomic E-state index is 12.7. The molecule has 140 valence electrons. The predicted octanol–water partition coefficient (Wildman–Crippen LogP) is 0.606. The number of aryl methyl sites for hydroxylation is 1. The summed E-state index contributed by atoms with van der Waals surface area (Å²) < 4.78 is 34.1. The van der Waals surface area contributed by atoms with Gasteiger partial charge in [0.25, 0.3) is 5.91 Å². The van der Waals surface area contributed by atoms with Crippen LogP contribution in [0, 0.1) is 0 Å². The third-order valence-corrected chi connectivity index (χ3v) is 7.40. The highest BCUT2D eigenvalue weighted by atomic mass is 32.2. The van der Waals surface area contributed by atoms with Crippen LogP contribution in [0.4, 0.5) is 0 Å². The van der Waals surface area contributed by atoms with Crippen molar-refractivity contribution < 1.29 is 17.9 Å². The molecular weight excluding hydrogens is 344 g/mol. The van der Waals surface area contributed by atoms with Gasteiger partial charge in [-0.1, -0.05) is 0 Å². The fourth-order valence-corrected chi connectivity index (χ4v) is 5.39. The third kappa shape index (κ3) is 4.04. The van der Waals surface area contributed by atoms with E-state index in [-0.39, 0.29) is 17.2 Å². The van der Waals surface area contributed by atoms with Crippen molar-refractivity contribution in [1.82, 2.24) is 19.2 Å². The number of carbonyl (C=O) groups is 1. The fourth-order valence-electron chi connectivity index (χ4n) is 3.46. The van der Waals surface area contributed by atoms with Crippen LogP contribution >= 0.6 is 0 Å². The lowest BCUT2D eigenvalue weighted by Gasteiger charge is -2.35. The van der Waals surface area contributed by atoms with E-state index in [1.807, 2.05) is 6.92 Å². The highest BCUT2D eigenvalue weighted by molar-refractivity contribution is 7.89. The number of piperidine rings is 1. The second-order valence-electron chi connectivity index (χ2n) is 6.54. The van der Waals surface area contributed by atoms with Gasteiger partial charge in [-0.05, 0) is 32.6 Å². The van der Waals surface area contributed by atoms with E-state index < -0.39 is 10.0 Å². The number of carbonyl (C=O) groups excluding carboxylic acids is 1. The largest absolute Gasteiger partial charge is 0.381 e. The molecule has 0 aromatic carbocycles. The highest BCUT2D eigenvalue weighted by Crippen LogP contribution is 2.23. The lowest BCUT2D eigenvalue weighted by atomic mass is 10.1. The van der Waals surface area contributed by atoms with Crippen molar-refractivity contribution in [2.45, 2.75) is 50.4 Å². The van der Waals surface area contributed by atoms with E-state index in [0.717, 1.165) is 0 Å². The van der Waals surface area contributed by atoms with E-state index in [4.69, 9.17) is 4.74 Å². The summed E-state index contributed by atoms with van der Waals surface area (Å²) in [5.74, 6) is 0.206. The van der Waals surface area contributed by atoms with Crippen LogP contribution in [-0.2, 0) is 21.3 Å². The average Bonchev–Trinajstić information content (AvgIpc) is 3.12. The summed E-state index contributed by atoms with van der Waals surface area (Å²) in [4.78, 5) is 16.4. The normalized spacial score (nSPS) is 21.3. The maximum atomic E-state index is 12.7. The van der Waals surface area contributed by atoms with Crippen LogP contribution in [0.5, 0.6) is 0 Å². The molecule has 2 fully saturated rings. The van der Waals surface area contributed by atoms with E-state index in [9.17, 15) is 13.2 Å². The second kappa shape index (κ2) is 7.84. The molecule has 9 heteroatoms. The zero-order chi connectivity index (χ0) is 17.9. The molecule has 0 atom stereocenters. The molecule has 3 heterocycles. The number of rotatable bonds is 5. The molecule has 1 N–H and O–H groups in total. The summed E-state index contributed by atoms with van der Waals surface area (Å²) in [6, 6.07) is -0.0179. The van der Waals surface area contributed by atoms with Gasteiger partial charge in [0.1, 0.15) is 0 Å². The van der Waals surface area contributed by atoms with Gasteiger partial charge in [0.2, 0.25) is 10.0 Å². The van der Waals surface area contributed by atoms with Crippen LogP contribution in [0.1, 0.15) is 43.2 Å². The van der Waals surface area contributed by atoms with E-state index in [1.165, 1.54) is 0 Å². The molecule has 0 radical (unpaired) electrons. The molecule has 0 saturated carbocycles. The molecule has 0 spiro atoms. The predicted molar refractivity (Wildman–Crippen MR) is 92.7 cm³/mol. The Labute approximate surface area is 148 Å². The van der Waals surface area contributed by atoms with E-state index >= 15 is 0 Å². The molecule has 3 rings (SSSR count). The van der Waals surface area contributed by atoms with Crippen LogP contribution in [-0.4, -0.2) is 65.8 Å². The summed E-state index contributed by atoms with van der Waals surface area (Å²) >= 11 is 0.